The minimum atomic E-state index is -2.15. The Bertz CT molecular complexity index is 785. The van der Waals surface area contributed by atoms with E-state index in [-0.39, 0.29) is 5.28 Å². The minimum absolute atomic E-state index is 0.107. The van der Waals surface area contributed by atoms with Crippen molar-refractivity contribution in [1.82, 2.24) is 14.9 Å². The van der Waals surface area contributed by atoms with Crippen LogP contribution in [0.5, 0.6) is 5.75 Å². The third-order valence-electron chi connectivity index (χ3n) is 4.65. The van der Waals surface area contributed by atoms with Crippen LogP contribution >= 0.6 is 30.7 Å². The first kappa shape index (κ1) is 19.6. The molecule has 141 valence electrons. The van der Waals surface area contributed by atoms with E-state index >= 15 is 0 Å². The summed E-state index contributed by atoms with van der Waals surface area (Å²) < 4.78 is 5.52. The number of hydrogen-bond acceptors (Lipinski definition) is 6. The second-order valence-corrected chi connectivity index (χ2v) is 10.2. The Kier molecular flexibility index (Phi) is 6.21. The van der Waals surface area contributed by atoms with Crippen LogP contribution in [0.4, 0.5) is 11.5 Å². The molecule has 1 aromatic carbocycles. The molecule has 0 spiro atoms. The Labute approximate surface area is 163 Å². The molecule has 0 aliphatic carbocycles. The molecule has 2 heterocycles. The van der Waals surface area contributed by atoms with Crippen LogP contribution in [0.15, 0.2) is 24.4 Å². The molecule has 1 saturated heterocycles. The van der Waals surface area contributed by atoms with E-state index in [0.29, 0.717) is 22.3 Å². The smallest absolute Gasteiger partial charge is 0.224 e. The predicted molar refractivity (Wildman–Crippen MR) is 109 cm³/mol. The Balaban J connectivity index is 1.85. The highest BCUT2D eigenvalue weighted by atomic mass is 35.5. The summed E-state index contributed by atoms with van der Waals surface area (Å²) in [5, 5.41) is 4.55. The van der Waals surface area contributed by atoms with Crippen molar-refractivity contribution in [2.24, 2.45) is 0 Å². The fourth-order valence-corrected chi connectivity index (χ4v) is 5.96. The average Bonchev–Trinajstić information content (AvgIpc) is 2.65. The molecule has 1 radical (unpaired) electrons. The summed E-state index contributed by atoms with van der Waals surface area (Å²) in [6, 6.07) is 5.75. The second kappa shape index (κ2) is 8.24. The molecule has 0 saturated carbocycles. The molecule has 0 atom stereocenters. The molecule has 1 aliphatic rings. The Hall–Kier alpha value is -1.17. The summed E-state index contributed by atoms with van der Waals surface area (Å²) in [4.78, 5) is 21.5. The van der Waals surface area contributed by atoms with Gasteiger partial charge in [0.25, 0.3) is 0 Å². The van der Waals surface area contributed by atoms with Gasteiger partial charge in [-0.3, -0.25) is 0 Å². The van der Waals surface area contributed by atoms with Gasteiger partial charge in [-0.1, -0.05) is 24.6 Å². The second-order valence-electron chi connectivity index (χ2n) is 6.15. The molecule has 1 fully saturated rings. The zero-order valence-electron chi connectivity index (χ0n) is 14.7. The quantitative estimate of drug-likeness (QED) is 0.575. The van der Waals surface area contributed by atoms with Crippen molar-refractivity contribution in [3.8, 4) is 5.75 Å². The molecule has 0 unspecified atom stereocenters. The van der Waals surface area contributed by atoms with Gasteiger partial charge >= 0.3 is 0 Å². The van der Waals surface area contributed by atoms with Gasteiger partial charge in [0.1, 0.15) is 10.8 Å². The normalized spacial score (nSPS) is 17.1. The molecule has 2 aromatic rings. The maximum absolute atomic E-state index is 11.2. The van der Waals surface area contributed by atoms with E-state index in [1.54, 1.807) is 7.11 Å². The van der Waals surface area contributed by atoms with Crippen molar-refractivity contribution in [2.45, 2.75) is 6.92 Å². The number of nitrogens with one attached hydrogen (secondary N) is 1. The van der Waals surface area contributed by atoms with Crippen LogP contribution in [0.25, 0.3) is 0 Å². The van der Waals surface area contributed by atoms with Crippen molar-refractivity contribution in [3.63, 3.8) is 0 Å². The van der Waals surface area contributed by atoms with Gasteiger partial charge in [0, 0.05) is 38.2 Å². The van der Waals surface area contributed by atoms with Gasteiger partial charge < -0.3 is 19.8 Å². The highest BCUT2D eigenvalue weighted by Crippen LogP contribution is 2.55. The number of hydrogen-bond donors (Lipinski definition) is 2. The third kappa shape index (κ3) is 4.21. The average molecular weight is 416 g/mol. The van der Waals surface area contributed by atoms with Crippen molar-refractivity contribution < 1.29 is 9.63 Å². The summed E-state index contributed by atoms with van der Waals surface area (Å²) in [5.41, 5.74) is 0.701. The Morgan fingerprint density at radius 2 is 2.04 bits per heavy atom. The number of nitrogens with zero attached hydrogens (tertiary/aromatic N) is 3. The fraction of sp³-hybridized carbons (Fsp3) is 0.412. The SMILES string of the molecule is CCN1CC[P](O)(c2ccc(Nc3nc(Cl)ncc3Cl)c(OC)c2)CC1. The van der Waals surface area contributed by atoms with Crippen LogP contribution in [-0.4, -0.2) is 58.8 Å². The molecular formula is C17H22Cl2N4O2P. The molecule has 0 bridgehead atoms. The van der Waals surface area contributed by atoms with Gasteiger partial charge in [-0.25, -0.2) is 4.98 Å². The molecule has 6 nitrogen and oxygen atoms in total. The largest absolute Gasteiger partial charge is 0.495 e. The molecule has 1 aromatic heterocycles. The number of benzene rings is 1. The lowest BCUT2D eigenvalue weighted by atomic mass is 10.3. The van der Waals surface area contributed by atoms with Gasteiger partial charge in [0.2, 0.25) is 5.28 Å². The van der Waals surface area contributed by atoms with Crippen LogP contribution in [-0.2, 0) is 0 Å². The first-order chi connectivity index (χ1) is 12.4. The minimum Gasteiger partial charge on any atom is -0.495 e. The highest BCUT2D eigenvalue weighted by Gasteiger charge is 2.32. The summed E-state index contributed by atoms with van der Waals surface area (Å²) in [7, 11) is -0.550. The summed E-state index contributed by atoms with van der Waals surface area (Å²) in [6.07, 6.45) is 3.06. The van der Waals surface area contributed by atoms with Gasteiger partial charge in [-0.15, -0.1) is 0 Å². The van der Waals surface area contributed by atoms with E-state index in [2.05, 4.69) is 27.1 Å². The number of anilines is 2. The van der Waals surface area contributed by atoms with E-state index in [1.807, 2.05) is 18.2 Å². The third-order valence-corrected chi connectivity index (χ3v) is 8.23. The number of halogens is 2. The van der Waals surface area contributed by atoms with E-state index in [0.717, 1.165) is 37.3 Å². The number of rotatable bonds is 5. The predicted octanol–water partition coefficient (Wildman–Crippen LogP) is 3.42. The fourth-order valence-electron chi connectivity index (χ4n) is 3.01. The van der Waals surface area contributed by atoms with Gasteiger partial charge in [0.15, 0.2) is 5.82 Å². The summed E-state index contributed by atoms with van der Waals surface area (Å²) in [6.45, 7) is 5.03. The van der Waals surface area contributed by atoms with Crippen molar-refractivity contribution in [3.05, 3.63) is 34.7 Å². The number of methoxy groups -OCH3 is 1. The lowest BCUT2D eigenvalue weighted by Crippen LogP contribution is -2.39. The van der Waals surface area contributed by atoms with E-state index in [9.17, 15) is 4.89 Å². The number of ether oxygens (including phenoxy) is 1. The first-order valence-electron chi connectivity index (χ1n) is 8.41. The maximum Gasteiger partial charge on any atom is 0.224 e. The van der Waals surface area contributed by atoms with Crippen molar-refractivity contribution in [1.29, 1.82) is 0 Å². The first-order valence-corrected chi connectivity index (χ1v) is 11.3. The Morgan fingerprint density at radius 1 is 1.31 bits per heavy atom. The number of aromatic nitrogens is 2. The molecular weight excluding hydrogens is 394 g/mol. The molecule has 3 rings (SSSR count). The topological polar surface area (TPSA) is 70.5 Å². The standard InChI is InChI=1S/C17H22Cl2N4O2P/c1-3-23-6-8-26(24,9-7-23)12-4-5-14(15(10-12)25-2)21-16-13(18)11-20-17(19)22-16/h4-5,10-11,24H,3,6-9H2,1-2H3,(H,20,21,22). The van der Waals surface area contributed by atoms with Gasteiger partial charge in [-0.2, -0.15) is 4.98 Å². The van der Waals surface area contributed by atoms with E-state index in [4.69, 9.17) is 27.9 Å². The molecule has 26 heavy (non-hydrogen) atoms. The zero-order chi connectivity index (χ0) is 18.7. The zero-order valence-corrected chi connectivity index (χ0v) is 17.2. The highest BCUT2D eigenvalue weighted by molar-refractivity contribution is 7.77. The van der Waals surface area contributed by atoms with Crippen molar-refractivity contribution >= 4 is 47.5 Å². The summed E-state index contributed by atoms with van der Waals surface area (Å²) in [5.74, 6) is 1.03. The molecule has 1 aliphatic heterocycles. The van der Waals surface area contributed by atoms with E-state index < -0.39 is 7.49 Å². The molecule has 9 heteroatoms. The van der Waals surface area contributed by atoms with Crippen molar-refractivity contribution in [2.75, 3.05) is 44.4 Å². The lowest BCUT2D eigenvalue weighted by molar-refractivity contribution is 0.308. The van der Waals surface area contributed by atoms with Gasteiger partial charge in [0.05, 0.1) is 19.0 Å². The van der Waals surface area contributed by atoms with Crippen LogP contribution in [0.3, 0.4) is 0 Å². The lowest BCUT2D eigenvalue weighted by Gasteiger charge is -2.39. The maximum atomic E-state index is 11.2. The molecule has 2 N–H and O–H groups in total. The van der Waals surface area contributed by atoms with Crippen LogP contribution in [0.1, 0.15) is 6.92 Å². The summed E-state index contributed by atoms with van der Waals surface area (Å²) >= 11 is 12.0. The van der Waals surface area contributed by atoms with Gasteiger partial charge in [-0.05, 0) is 30.3 Å². The van der Waals surface area contributed by atoms with Crippen LogP contribution in [0.2, 0.25) is 10.3 Å². The monoisotopic (exact) mass is 415 g/mol. The van der Waals surface area contributed by atoms with Crippen LogP contribution < -0.4 is 15.4 Å². The van der Waals surface area contributed by atoms with Crippen LogP contribution in [0, 0.1) is 0 Å². The Morgan fingerprint density at radius 3 is 2.69 bits per heavy atom. The molecule has 0 amide bonds. The van der Waals surface area contributed by atoms with E-state index in [1.165, 1.54) is 6.20 Å².